The largest absolute Gasteiger partial charge is 0.507 e. The first kappa shape index (κ1) is 11.0. The molecule has 0 saturated carbocycles. The zero-order valence-electron chi connectivity index (χ0n) is 7.79. The van der Waals surface area contributed by atoms with Crippen LogP contribution < -0.4 is 0 Å². The Balaban J connectivity index is 2.80. The molecule has 0 bridgehead atoms. The lowest BCUT2D eigenvalue weighted by Gasteiger charge is -2.04. The Morgan fingerprint density at radius 2 is 2.29 bits per heavy atom. The van der Waals surface area contributed by atoms with Crippen molar-refractivity contribution < 1.29 is 14.6 Å². The summed E-state index contributed by atoms with van der Waals surface area (Å²) in [5.74, 6) is -0.558. The Bertz CT molecular complexity index is 336. The Hall–Kier alpha value is -1.03. The number of esters is 1. The molecule has 1 aromatic carbocycles. The number of rotatable bonds is 3. The molecule has 14 heavy (non-hydrogen) atoms. The summed E-state index contributed by atoms with van der Waals surface area (Å²) in [4.78, 5) is 11.3. The van der Waals surface area contributed by atoms with Crippen molar-refractivity contribution in [2.45, 2.75) is 13.3 Å². The molecule has 0 aliphatic carbocycles. The highest BCUT2D eigenvalue weighted by Gasteiger charge is 2.11. The molecule has 4 heteroatoms. The number of hydrogen-bond donors (Lipinski definition) is 1. The monoisotopic (exact) mass is 258 g/mol. The summed E-state index contributed by atoms with van der Waals surface area (Å²) in [6.45, 7) is 2.28. The first-order valence-corrected chi connectivity index (χ1v) is 5.10. The van der Waals surface area contributed by atoms with Gasteiger partial charge in [-0.1, -0.05) is 22.9 Å². The maximum absolute atomic E-state index is 11.3. The Morgan fingerprint density at radius 3 is 2.86 bits per heavy atom. The number of carbonyl (C=O) groups excluding carboxylic acids is 1. The van der Waals surface area contributed by atoms with Crippen molar-refractivity contribution in [3.05, 3.63) is 28.2 Å². The molecule has 0 saturated heterocycles. The van der Waals surface area contributed by atoms with Gasteiger partial charge in [0.1, 0.15) is 11.3 Å². The van der Waals surface area contributed by atoms with Crippen LogP contribution in [0.5, 0.6) is 5.75 Å². The first-order valence-electron chi connectivity index (χ1n) is 4.30. The third-order valence-corrected chi connectivity index (χ3v) is 2.11. The average molecular weight is 259 g/mol. The first-order chi connectivity index (χ1) is 6.65. The smallest absolute Gasteiger partial charge is 0.341 e. The van der Waals surface area contributed by atoms with E-state index in [1.165, 1.54) is 12.1 Å². The second-order valence-corrected chi connectivity index (χ2v) is 3.71. The van der Waals surface area contributed by atoms with Crippen molar-refractivity contribution in [3.8, 4) is 5.75 Å². The van der Waals surface area contributed by atoms with Gasteiger partial charge in [-0.05, 0) is 24.6 Å². The van der Waals surface area contributed by atoms with Crippen LogP contribution in [-0.2, 0) is 4.74 Å². The van der Waals surface area contributed by atoms with Crippen LogP contribution in [0.25, 0.3) is 0 Å². The maximum atomic E-state index is 11.3. The number of phenols is 1. The van der Waals surface area contributed by atoms with Gasteiger partial charge in [-0.15, -0.1) is 0 Å². The minimum Gasteiger partial charge on any atom is -0.507 e. The van der Waals surface area contributed by atoms with Crippen molar-refractivity contribution >= 4 is 21.9 Å². The molecule has 0 aliphatic heterocycles. The summed E-state index contributed by atoms with van der Waals surface area (Å²) in [5, 5.41) is 9.43. The van der Waals surface area contributed by atoms with E-state index in [4.69, 9.17) is 4.74 Å². The summed E-state index contributed by atoms with van der Waals surface area (Å²) >= 11 is 3.19. The standard InChI is InChI=1S/C10H11BrO3/c1-2-5-14-10(13)8-4-3-7(11)6-9(8)12/h3-4,6,12H,2,5H2,1H3. The predicted octanol–water partition coefficient (Wildman–Crippen LogP) is 2.72. The molecule has 0 heterocycles. The van der Waals surface area contributed by atoms with Gasteiger partial charge in [-0.2, -0.15) is 0 Å². The Morgan fingerprint density at radius 1 is 1.57 bits per heavy atom. The number of benzene rings is 1. The molecule has 76 valence electrons. The zero-order chi connectivity index (χ0) is 10.6. The van der Waals surface area contributed by atoms with Gasteiger partial charge in [0.15, 0.2) is 0 Å². The summed E-state index contributed by atoms with van der Waals surface area (Å²) in [7, 11) is 0. The molecule has 1 rings (SSSR count). The minimum absolute atomic E-state index is 0.0690. The molecule has 0 amide bonds. The highest BCUT2D eigenvalue weighted by Crippen LogP contribution is 2.22. The van der Waals surface area contributed by atoms with Crippen molar-refractivity contribution in [2.75, 3.05) is 6.61 Å². The molecule has 0 radical (unpaired) electrons. The Labute approximate surface area is 90.8 Å². The molecule has 3 nitrogen and oxygen atoms in total. The fraction of sp³-hybridized carbons (Fsp3) is 0.300. The third-order valence-electron chi connectivity index (χ3n) is 1.62. The quantitative estimate of drug-likeness (QED) is 0.849. The maximum Gasteiger partial charge on any atom is 0.341 e. The zero-order valence-corrected chi connectivity index (χ0v) is 9.37. The van der Waals surface area contributed by atoms with E-state index in [9.17, 15) is 9.90 Å². The number of hydrogen-bond acceptors (Lipinski definition) is 3. The van der Waals surface area contributed by atoms with Gasteiger partial charge in [0.25, 0.3) is 0 Å². The molecule has 0 spiro atoms. The van der Waals surface area contributed by atoms with Crippen LogP contribution in [0.15, 0.2) is 22.7 Å². The van der Waals surface area contributed by atoms with Crippen LogP contribution in [0, 0.1) is 0 Å². The fourth-order valence-corrected chi connectivity index (χ4v) is 1.30. The van der Waals surface area contributed by atoms with Crippen LogP contribution in [0.2, 0.25) is 0 Å². The molecule has 0 fully saturated rings. The highest BCUT2D eigenvalue weighted by molar-refractivity contribution is 9.10. The number of aromatic hydroxyl groups is 1. The number of carbonyl (C=O) groups is 1. The lowest BCUT2D eigenvalue weighted by atomic mass is 10.2. The van der Waals surface area contributed by atoms with Crippen LogP contribution in [0.4, 0.5) is 0 Å². The minimum atomic E-state index is -0.489. The van der Waals surface area contributed by atoms with E-state index in [-0.39, 0.29) is 11.3 Å². The van der Waals surface area contributed by atoms with Gasteiger partial charge in [0, 0.05) is 4.47 Å². The molecule has 0 atom stereocenters. The van der Waals surface area contributed by atoms with E-state index in [0.717, 1.165) is 10.9 Å². The van der Waals surface area contributed by atoms with Crippen molar-refractivity contribution in [3.63, 3.8) is 0 Å². The van der Waals surface area contributed by atoms with Gasteiger partial charge in [0.2, 0.25) is 0 Å². The van der Waals surface area contributed by atoms with Crippen LogP contribution >= 0.6 is 15.9 Å². The summed E-state index contributed by atoms with van der Waals surface area (Å²) < 4.78 is 5.61. The van der Waals surface area contributed by atoms with Crippen molar-refractivity contribution in [2.24, 2.45) is 0 Å². The van der Waals surface area contributed by atoms with Crippen molar-refractivity contribution in [1.82, 2.24) is 0 Å². The van der Waals surface area contributed by atoms with Crippen molar-refractivity contribution in [1.29, 1.82) is 0 Å². The number of ether oxygens (including phenoxy) is 1. The molecular weight excluding hydrogens is 248 g/mol. The number of phenolic OH excluding ortho intramolecular Hbond substituents is 1. The molecule has 0 aliphatic rings. The molecule has 1 aromatic rings. The SMILES string of the molecule is CCCOC(=O)c1ccc(Br)cc1O. The molecule has 1 N–H and O–H groups in total. The summed E-state index contributed by atoms with van der Waals surface area (Å²) in [6, 6.07) is 4.67. The predicted molar refractivity (Wildman–Crippen MR) is 56.4 cm³/mol. The Kier molecular flexibility index (Phi) is 3.95. The second kappa shape index (κ2) is 5.00. The van der Waals surface area contributed by atoms with Gasteiger partial charge in [-0.3, -0.25) is 0 Å². The average Bonchev–Trinajstić information content (AvgIpc) is 2.14. The molecular formula is C10H11BrO3. The van der Waals surface area contributed by atoms with Gasteiger partial charge >= 0.3 is 5.97 Å². The lowest BCUT2D eigenvalue weighted by Crippen LogP contribution is -2.05. The lowest BCUT2D eigenvalue weighted by molar-refractivity contribution is 0.0502. The number of halogens is 1. The topological polar surface area (TPSA) is 46.5 Å². The summed E-state index contributed by atoms with van der Waals surface area (Å²) in [5.41, 5.74) is 0.196. The van der Waals surface area contributed by atoms with E-state index in [1.807, 2.05) is 6.92 Å². The molecule has 0 unspecified atom stereocenters. The van der Waals surface area contributed by atoms with E-state index in [0.29, 0.717) is 6.61 Å². The van der Waals surface area contributed by atoms with Crippen LogP contribution in [0.3, 0.4) is 0 Å². The van der Waals surface area contributed by atoms with Gasteiger partial charge in [0.05, 0.1) is 6.61 Å². The third kappa shape index (κ3) is 2.73. The van der Waals surface area contributed by atoms with Gasteiger partial charge in [-0.25, -0.2) is 4.79 Å². The summed E-state index contributed by atoms with van der Waals surface area (Å²) in [6.07, 6.45) is 0.767. The van der Waals surface area contributed by atoms with Crippen LogP contribution in [-0.4, -0.2) is 17.7 Å². The van der Waals surface area contributed by atoms with E-state index in [1.54, 1.807) is 6.07 Å². The molecule has 0 aromatic heterocycles. The normalized spacial score (nSPS) is 9.86. The fourth-order valence-electron chi connectivity index (χ4n) is 0.950. The van der Waals surface area contributed by atoms with E-state index in [2.05, 4.69) is 15.9 Å². The van der Waals surface area contributed by atoms with Crippen LogP contribution in [0.1, 0.15) is 23.7 Å². The van der Waals surface area contributed by atoms with E-state index < -0.39 is 5.97 Å². The second-order valence-electron chi connectivity index (χ2n) is 2.80. The highest BCUT2D eigenvalue weighted by atomic mass is 79.9. The van der Waals surface area contributed by atoms with Gasteiger partial charge < -0.3 is 9.84 Å². The van der Waals surface area contributed by atoms with E-state index >= 15 is 0 Å².